The fourth-order valence-electron chi connectivity index (χ4n) is 3.93. The number of aromatic nitrogens is 4. The zero-order chi connectivity index (χ0) is 21.6. The summed E-state index contributed by atoms with van der Waals surface area (Å²) in [4.78, 5) is 27.5. The maximum atomic E-state index is 12.9. The molecule has 1 aromatic heterocycles. The van der Waals surface area contributed by atoms with Gasteiger partial charge in [-0.3, -0.25) is 9.59 Å². The minimum absolute atomic E-state index is 0.177. The van der Waals surface area contributed by atoms with Crippen molar-refractivity contribution in [2.45, 2.75) is 37.9 Å². The molecular formula is C22H25N7O2. The minimum Gasteiger partial charge on any atom is -0.350 e. The van der Waals surface area contributed by atoms with E-state index in [1.54, 1.807) is 9.58 Å². The summed E-state index contributed by atoms with van der Waals surface area (Å²) in [6, 6.07) is 16.1. The molecule has 1 saturated heterocycles. The fourth-order valence-corrected chi connectivity index (χ4v) is 3.93. The summed E-state index contributed by atoms with van der Waals surface area (Å²) in [7, 11) is 0. The van der Waals surface area contributed by atoms with Crippen LogP contribution in [-0.2, 0) is 22.6 Å². The highest BCUT2D eigenvalue weighted by Crippen LogP contribution is 2.20. The first-order chi connectivity index (χ1) is 15.1. The second-order valence-corrected chi connectivity index (χ2v) is 7.59. The maximum absolute atomic E-state index is 12.9. The first-order valence-corrected chi connectivity index (χ1v) is 10.3. The van der Waals surface area contributed by atoms with Gasteiger partial charge in [-0.15, -0.1) is 5.10 Å². The van der Waals surface area contributed by atoms with Gasteiger partial charge in [0.15, 0.2) is 0 Å². The van der Waals surface area contributed by atoms with Crippen LogP contribution in [0.5, 0.6) is 0 Å². The van der Waals surface area contributed by atoms with Crippen molar-refractivity contribution >= 4 is 11.8 Å². The number of benzene rings is 2. The summed E-state index contributed by atoms with van der Waals surface area (Å²) >= 11 is 0. The standard InChI is InChI=1S/C22H25N7O2/c23-18(13-16-7-2-1-3-8-16)22(31)28-12-6-11-20(28)21(30)24-14-17-9-4-5-10-19(17)29-15-25-26-27-29/h1-5,7-10,15,18,20H,6,11-14,23H2,(H,24,30). The molecule has 2 unspecified atom stereocenters. The Balaban J connectivity index is 1.39. The number of likely N-dealkylation sites (tertiary alicyclic amines) is 1. The van der Waals surface area contributed by atoms with Crippen molar-refractivity contribution in [3.05, 3.63) is 72.1 Å². The van der Waals surface area contributed by atoms with Crippen LogP contribution in [0.25, 0.3) is 5.69 Å². The van der Waals surface area contributed by atoms with Crippen LogP contribution in [0.15, 0.2) is 60.9 Å². The van der Waals surface area contributed by atoms with Crippen LogP contribution in [0, 0.1) is 0 Å². The number of carbonyl (C=O) groups excluding carboxylic acids is 2. The molecule has 3 aromatic rings. The minimum atomic E-state index is -0.670. The van der Waals surface area contributed by atoms with E-state index in [-0.39, 0.29) is 11.8 Å². The molecule has 3 N–H and O–H groups in total. The van der Waals surface area contributed by atoms with Crippen molar-refractivity contribution in [2.24, 2.45) is 5.73 Å². The van der Waals surface area contributed by atoms with E-state index in [4.69, 9.17) is 5.73 Å². The Bertz CT molecular complexity index is 1020. The van der Waals surface area contributed by atoms with Crippen molar-refractivity contribution in [3.8, 4) is 5.69 Å². The lowest BCUT2D eigenvalue weighted by Crippen LogP contribution is -2.51. The number of tetrazole rings is 1. The molecule has 2 heterocycles. The number of rotatable bonds is 7. The third-order valence-electron chi connectivity index (χ3n) is 5.49. The first-order valence-electron chi connectivity index (χ1n) is 10.3. The van der Waals surface area contributed by atoms with Gasteiger partial charge in [0.1, 0.15) is 12.4 Å². The predicted molar refractivity (Wildman–Crippen MR) is 114 cm³/mol. The Morgan fingerprint density at radius 3 is 2.68 bits per heavy atom. The van der Waals surface area contributed by atoms with E-state index in [2.05, 4.69) is 20.8 Å². The van der Waals surface area contributed by atoms with E-state index in [0.29, 0.717) is 25.9 Å². The van der Waals surface area contributed by atoms with Crippen LogP contribution >= 0.6 is 0 Å². The summed E-state index contributed by atoms with van der Waals surface area (Å²) in [6.07, 6.45) is 3.36. The van der Waals surface area contributed by atoms with Crippen LogP contribution < -0.4 is 11.1 Å². The van der Waals surface area contributed by atoms with Crippen molar-refractivity contribution in [2.75, 3.05) is 6.54 Å². The molecule has 0 bridgehead atoms. The van der Waals surface area contributed by atoms with Gasteiger partial charge >= 0.3 is 0 Å². The Morgan fingerprint density at radius 2 is 1.90 bits per heavy atom. The van der Waals surface area contributed by atoms with E-state index in [9.17, 15) is 9.59 Å². The number of carbonyl (C=O) groups is 2. The molecule has 0 spiro atoms. The predicted octanol–water partition coefficient (Wildman–Crippen LogP) is 0.839. The monoisotopic (exact) mass is 419 g/mol. The lowest BCUT2D eigenvalue weighted by Gasteiger charge is -2.27. The maximum Gasteiger partial charge on any atom is 0.243 e. The summed E-state index contributed by atoms with van der Waals surface area (Å²) < 4.78 is 1.55. The van der Waals surface area contributed by atoms with Crippen LogP contribution in [0.2, 0.25) is 0 Å². The first kappa shape index (κ1) is 20.7. The Hall–Kier alpha value is -3.59. The van der Waals surface area contributed by atoms with Crippen LogP contribution in [-0.4, -0.2) is 55.5 Å². The second kappa shape index (κ2) is 9.48. The van der Waals surface area contributed by atoms with Gasteiger partial charge in [0.25, 0.3) is 0 Å². The van der Waals surface area contributed by atoms with Gasteiger partial charge in [-0.2, -0.15) is 0 Å². The smallest absolute Gasteiger partial charge is 0.243 e. The number of para-hydroxylation sites is 1. The highest BCUT2D eigenvalue weighted by molar-refractivity contribution is 5.90. The van der Waals surface area contributed by atoms with Gasteiger partial charge < -0.3 is 16.0 Å². The van der Waals surface area contributed by atoms with E-state index >= 15 is 0 Å². The number of amides is 2. The van der Waals surface area contributed by atoms with E-state index in [0.717, 1.165) is 23.2 Å². The summed E-state index contributed by atoms with van der Waals surface area (Å²) in [5, 5.41) is 14.2. The summed E-state index contributed by atoms with van der Waals surface area (Å²) in [6.45, 7) is 0.851. The third kappa shape index (κ3) is 4.77. The van der Waals surface area contributed by atoms with E-state index in [1.807, 2.05) is 54.6 Å². The normalized spacial score (nSPS) is 16.8. The van der Waals surface area contributed by atoms with Gasteiger partial charge in [-0.05, 0) is 46.9 Å². The quantitative estimate of drug-likeness (QED) is 0.586. The van der Waals surface area contributed by atoms with Crippen LogP contribution in [0.1, 0.15) is 24.0 Å². The van der Waals surface area contributed by atoms with Crippen LogP contribution in [0.4, 0.5) is 0 Å². The van der Waals surface area contributed by atoms with Gasteiger partial charge in [-0.1, -0.05) is 48.5 Å². The lowest BCUT2D eigenvalue weighted by atomic mass is 10.1. The van der Waals surface area contributed by atoms with Gasteiger partial charge in [-0.25, -0.2) is 4.68 Å². The molecule has 1 aliphatic rings. The molecule has 2 atom stereocenters. The van der Waals surface area contributed by atoms with Crippen molar-refractivity contribution in [1.29, 1.82) is 0 Å². The molecule has 9 heteroatoms. The van der Waals surface area contributed by atoms with Crippen LogP contribution in [0.3, 0.4) is 0 Å². The van der Waals surface area contributed by atoms with Gasteiger partial charge in [0.05, 0.1) is 11.7 Å². The highest BCUT2D eigenvalue weighted by Gasteiger charge is 2.36. The van der Waals surface area contributed by atoms with Gasteiger partial charge in [0.2, 0.25) is 11.8 Å². The zero-order valence-electron chi connectivity index (χ0n) is 17.1. The molecule has 9 nitrogen and oxygen atoms in total. The molecule has 2 amide bonds. The number of nitrogens with two attached hydrogens (primary N) is 1. The largest absolute Gasteiger partial charge is 0.350 e. The summed E-state index contributed by atoms with van der Waals surface area (Å²) in [5.74, 6) is -0.361. The number of hydrogen-bond acceptors (Lipinski definition) is 6. The Labute approximate surface area is 180 Å². The van der Waals surface area contributed by atoms with E-state index in [1.165, 1.54) is 6.33 Å². The molecule has 0 aliphatic carbocycles. The zero-order valence-corrected chi connectivity index (χ0v) is 17.1. The van der Waals surface area contributed by atoms with Crippen molar-refractivity contribution in [3.63, 3.8) is 0 Å². The molecule has 1 aliphatic heterocycles. The molecule has 0 saturated carbocycles. The van der Waals surface area contributed by atoms with E-state index < -0.39 is 12.1 Å². The molecule has 0 radical (unpaired) electrons. The average molecular weight is 419 g/mol. The Morgan fingerprint density at radius 1 is 1.13 bits per heavy atom. The average Bonchev–Trinajstić information content (AvgIpc) is 3.50. The second-order valence-electron chi connectivity index (χ2n) is 7.59. The molecule has 1 fully saturated rings. The number of nitrogens with zero attached hydrogens (tertiary/aromatic N) is 5. The van der Waals surface area contributed by atoms with Gasteiger partial charge in [0, 0.05) is 13.1 Å². The Kier molecular flexibility index (Phi) is 6.32. The SMILES string of the molecule is NC(Cc1ccccc1)C(=O)N1CCCC1C(=O)NCc1ccccc1-n1cnnn1. The molecule has 31 heavy (non-hydrogen) atoms. The molecule has 160 valence electrons. The third-order valence-corrected chi connectivity index (χ3v) is 5.49. The van der Waals surface area contributed by atoms with Crippen molar-refractivity contribution in [1.82, 2.24) is 30.4 Å². The fraction of sp³-hybridized carbons (Fsp3) is 0.318. The van der Waals surface area contributed by atoms with Crippen molar-refractivity contribution < 1.29 is 9.59 Å². The summed E-state index contributed by atoms with van der Waals surface area (Å²) in [5.41, 5.74) is 8.85. The molecule has 2 aromatic carbocycles. The topological polar surface area (TPSA) is 119 Å². The number of hydrogen-bond donors (Lipinski definition) is 2. The highest BCUT2D eigenvalue weighted by atomic mass is 16.2. The lowest BCUT2D eigenvalue weighted by molar-refractivity contribution is -0.139. The molecular weight excluding hydrogens is 394 g/mol. The molecule has 4 rings (SSSR count). The number of nitrogens with one attached hydrogen (secondary N) is 1.